The van der Waals surface area contributed by atoms with Crippen LogP contribution in [0.25, 0.3) is 0 Å². The lowest BCUT2D eigenvalue weighted by atomic mass is 10.1. The van der Waals surface area contributed by atoms with Crippen LogP contribution in [0.15, 0.2) is 0 Å². The Kier molecular flexibility index (Phi) is 3.36. The molecule has 0 spiro atoms. The Labute approximate surface area is 84.4 Å². The summed E-state index contributed by atoms with van der Waals surface area (Å²) in [5.41, 5.74) is 0. The fourth-order valence-corrected chi connectivity index (χ4v) is 2.71. The summed E-state index contributed by atoms with van der Waals surface area (Å²) in [6.07, 6.45) is 2.35. The van der Waals surface area contributed by atoms with E-state index in [1.165, 1.54) is 6.26 Å². The molecule has 1 saturated heterocycles. The highest BCUT2D eigenvalue weighted by Crippen LogP contribution is 2.16. The second kappa shape index (κ2) is 4.16. The van der Waals surface area contributed by atoms with Crippen LogP contribution in [0.3, 0.4) is 0 Å². The van der Waals surface area contributed by atoms with Crippen molar-refractivity contribution >= 4 is 15.9 Å². The van der Waals surface area contributed by atoms with Crippen LogP contribution in [0, 0.1) is 0 Å². The van der Waals surface area contributed by atoms with Crippen molar-refractivity contribution in [2.24, 2.45) is 0 Å². The summed E-state index contributed by atoms with van der Waals surface area (Å²) >= 11 is 0. The number of nitrogens with one attached hydrogen (secondary N) is 1. The molecule has 1 aliphatic heterocycles. The number of piperidine rings is 1. The van der Waals surface area contributed by atoms with Gasteiger partial charge in [-0.15, -0.1) is 0 Å². The zero-order valence-electron chi connectivity index (χ0n) is 8.49. The molecule has 1 heterocycles. The Hall–Kier alpha value is -0.780. The number of urea groups is 1. The third-order valence-corrected chi connectivity index (χ3v) is 4.23. The molecule has 5 nitrogen and oxygen atoms in total. The summed E-state index contributed by atoms with van der Waals surface area (Å²) in [4.78, 5) is 12.8. The molecule has 1 N–H and O–H groups in total. The van der Waals surface area contributed by atoms with Gasteiger partial charge in [-0.25, -0.2) is 13.2 Å². The molecule has 0 atom stereocenters. The monoisotopic (exact) mass is 220 g/mol. The first-order valence-electron chi connectivity index (χ1n) is 4.60. The first-order chi connectivity index (χ1) is 6.45. The van der Waals surface area contributed by atoms with E-state index < -0.39 is 9.84 Å². The molecule has 0 aromatic carbocycles. The van der Waals surface area contributed by atoms with E-state index in [1.807, 2.05) is 0 Å². The summed E-state index contributed by atoms with van der Waals surface area (Å²) in [5, 5.41) is 2.25. The van der Waals surface area contributed by atoms with Crippen LogP contribution in [0.5, 0.6) is 0 Å². The average molecular weight is 220 g/mol. The molecule has 1 aliphatic rings. The predicted octanol–water partition coefficient (Wildman–Crippen LogP) is -0.165. The average Bonchev–Trinajstić information content (AvgIpc) is 2.15. The van der Waals surface area contributed by atoms with Gasteiger partial charge < -0.3 is 10.2 Å². The first kappa shape index (κ1) is 11.3. The second-order valence-corrected chi connectivity index (χ2v) is 5.90. The van der Waals surface area contributed by atoms with Crippen molar-refractivity contribution < 1.29 is 13.2 Å². The maximum Gasteiger partial charge on any atom is 0.317 e. The van der Waals surface area contributed by atoms with Gasteiger partial charge in [0.25, 0.3) is 0 Å². The molecule has 14 heavy (non-hydrogen) atoms. The summed E-state index contributed by atoms with van der Waals surface area (Å²) in [6, 6.07) is -0.128. The van der Waals surface area contributed by atoms with Crippen LogP contribution in [0.1, 0.15) is 12.8 Å². The lowest BCUT2D eigenvalue weighted by molar-refractivity contribution is 0.189. The Bertz CT molecular complexity index is 305. The number of sulfone groups is 1. The number of carbonyl (C=O) groups is 1. The zero-order valence-corrected chi connectivity index (χ0v) is 9.30. The molecule has 0 unspecified atom stereocenters. The van der Waals surface area contributed by atoms with Crippen molar-refractivity contribution in [3.63, 3.8) is 0 Å². The predicted molar refractivity (Wildman–Crippen MR) is 53.9 cm³/mol. The number of hydrogen-bond acceptors (Lipinski definition) is 3. The summed E-state index contributed by atoms with van der Waals surface area (Å²) in [5.74, 6) is 0. The highest BCUT2D eigenvalue weighted by molar-refractivity contribution is 7.91. The van der Waals surface area contributed by atoms with Crippen molar-refractivity contribution in [2.45, 2.75) is 18.1 Å². The molecule has 6 heteroatoms. The maximum atomic E-state index is 11.2. The number of rotatable bonds is 1. The summed E-state index contributed by atoms with van der Waals surface area (Å²) in [7, 11) is -1.37. The quantitative estimate of drug-likeness (QED) is 0.667. The van der Waals surface area contributed by atoms with Crippen LogP contribution in [-0.4, -0.2) is 51.0 Å². The number of amides is 2. The topological polar surface area (TPSA) is 66.5 Å². The van der Waals surface area contributed by atoms with Gasteiger partial charge in [-0.2, -0.15) is 0 Å². The number of carbonyl (C=O) groups excluding carboxylic acids is 1. The zero-order chi connectivity index (χ0) is 10.8. The fourth-order valence-electron chi connectivity index (χ4n) is 1.65. The van der Waals surface area contributed by atoms with E-state index in [-0.39, 0.29) is 11.3 Å². The molecule has 0 aromatic heterocycles. The van der Waals surface area contributed by atoms with E-state index in [4.69, 9.17) is 0 Å². The minimum absolute atomic E-state index is 0.128. The Morgan fingerprint density at radius 1 is 1.36 bits per heavy atom. The van der Waals surface area contributed by atoms with Crippen molar-refractivity contribution in [1.82, 2.24) is 10.2 Å². The molecule has 82 valence electrons. The highest BCUT2D eigenvalue weighted by Gasteiger charge is 2.28. The normalized spacial score (nSPS) is 19.4. The summed E-state index contributed by atoms with van der Waals surface area (Å²) < 4.78 is 22.4. The molecule has 0 radical (unpaired) electrons. The van der Waals surface area contributed by atoms with Crippen molar-refractivity contribution in [3.8, 4) is 0 Å². The van der Waals surface area contributed by atoms with Crippen LogP contribution in [0.2, 0.25) is 0 Å². The van der Waals surface area contributed by atoms with Crippen molar-refractivity contribution in [1.29, 1.82) is 0 Å². The van der Waals surface area contributed by atoms with E-state index in [9.17, 15) is 13.2 Å². The lowest BCUT2D eigenvalue weighted by Crippen LogP contribution is -2.45. The molecular formula is C8H16N2O3S. The van der Waals surface area contributed by atoms with Gasteiger partial charge >= 0.3 is 6.03 Å². The minimum Gasteiger partial charge on any atom is -0.341 e. The van der Waals surface area contributed by atoms with E-state index >= 15 is 0 Å². The molecule has 0 bridgehead atoms. The van der Waals surface area contributed by atoms with E-state index in [2.05, 4.69) is 5.32 Å². The van der Waals surface area contributed by atoms with Gasteiger partial charge in [0, 0.05) is 26.4 Å². The van der Waals surface area contributed by atoms with Gasteiger partial charge in [0.2, 0.25) is 0 Å². The van der Waals surface area contributed by atoms with Gasteiger partial charge in [-0.1, -0.05) is 0 Å². The standard InChI is InChI=1S/C8H16N2O3S/c1-9-8(11)10-5-3-7(4-6-10)14(2,12)13/h7H,3-6H2,1-2H3,(H,9,11). The Morgan fingerprint density at radius 3 is 2.21 bits per heavy atom. The van der Waals surface area contributed by atoms with Crippen LogP contribution >= 0.6 is 0 Å². The Morgan fingerprint density at radius 2 is 1.86 bits per heavy atom. The number of nitrogens with zero attached hydrogens (tertiary/aromatic N) is 1. The smallest absolute Gasteiger partial charge is 0.317 e. The third kappa shape index (κ3) is 2.60. The van der Waals surface area contributed by atoms with Gasteiger partial charge in [-0.3, -0.25) is 0 Å². The maximum absolute atomic E-state index is 11.2. The van der Waals surface area contributed by atoms with Crippen molar-refractivity contribution in [3.05, 3.63) is 0 Å². The van der Waals surface area contributed by atoms with Gasteiger partial charge in [0.1, 0.15) is 9.84 Å². The van der Waals surface area contributed by atoms with E-state index in [0.29, 0.717) is 25.9 Å². The molecule has 1 fully saturated rings. The molecule has 0 saturated carbocycles. The van der Waals surface area contributed by atoms with E-state index in [0.717, 1.165) is 0 Å². The largest absolute Gasteiger partial charge is 0.341 e. The van der Waals surface area contributed by atoms with Crippen LogP contribution in [-0.2, 0) is 9.84 Å². The fraction of sp³-hybridized carbons (Fsp3) is 0.875. The molecule has 1 rings (SSSR count). The SMILES string of the molecule is CNC(=O)N1CCC(S(C)(=O)=O)CC1. The van der Waals surface area contributed by atoms with Crippen molar-refractivity contribution in [2.75, 3.05) is 26.4 Å². The lowest BCUT2D eigenvalue weighted by Gasteiger charge is -2.30. The number of likely N-dealkylation sites (tertiary alicyclic amines) is 1. The summed E-state index contributed by atoms with van der Waals surface area (Å²) in [6.45, 7) is 1.05. The Balaban J connectivity index is 2.51. The molecular weight excluding hydrogens is 204 g/mol. The second-order valence-electron chi connectivity index (χ2n) is 3.57. The molecule has 0 aromatic rings. The highest BCUT2D eigenvalue weighted by atomic mass is 32.2. The molecule has 0 aliphatic carbocycles. The minimum atomic E-state index is -2.94. The van der Waals surface area contributed by atoms with Crippen LogP contribution in [0.4, 0.5) is 4.79 Å². The first-order valence-corrected chi connectivity index (χ1v) is 6.56. The molecule has 2 amide bonds. The third-order valence-electron chi connectivity index (χ3n) is 2.55. The van der Waals surface area contributed by atoms with Gasteiger partial charge in [0.15, 0.2) is 0 Å². The van der Waals surface area contributed by atoms with Gasteiger partial charge in [-0.05, 0) is 12.8 Å². The van der Waals surface area contributed by atoms with E-state index in [1.54, 1.807) is 11.9 Å². The van der Waals surface area contributed by atoms with Crippen LogP contribution < -0.4 is 5.32 Å². The number of hydrogen-bond donors (Lipinski definition) is 1. The van der Waals surface area contributed by atoms with Gasteiger partial charge in [0.05, 0.1) is 5.25 Å².